The Bertz CT molecular complexity index is 1340. The number of hydrogen-bond donors (Lipinski definition) is 3. The van der Waals surface area contributed by atoms with Gasteiger partial charge in [-0.15, -0.1) is 0 Å². The highest BCUT2D eigenvalue weighted by atomic mass is 32.2. The minimum absolute atomic E-state index is 0.195. The molecule has 14 heteroatoms. The molecule has 1 saturated heterocycles. The maximum Gasteiger partial charge on any atom is 0.273 e. The Labute approximate surface area is 249 Å². The number of carbonyl (C=O) groups excluding carboxylic acids is 2. The Morgan fingerprint density at radius 2 is 1.68 bits per heavy atom. The van der Waals surface area contributed by atoms with Gasteiger partial charge in [-0.05, 0) is 62.5 Å². The molecule has 4 rings (SSSR count). The summed E-state index contributed by atoms with van der Waals surface area (Å²) in [6.07, 6.45) is 0.710. The number of hydrogen-bond acceptors (Lipinski definition) is 10. The number of rotatable bonds is 11. The fourth-order valence-corrected chi connectivity index (χ4v) is 7.16. The molecule has 3 N–H and O–H groups in total. The average molecular weight is 624 g/mol. The molecule has 2 aliphatic rings. The molecule has 0 aromatic heterocycles. The van der Waals surface area contributed by atoms with Crippen LogP contribution in [0.4, 0.5) is 17.1 Å². The zero-order valence-corrected chi connectivity index (χ0v) is 25.8. The topological polar surface area (TPSA) is 122 Å². The number of carbonyl (C=O) groups is 2. The summed E-state index contributed by atoms with van der Waals surface area (Å²) in [5, 5.41) is 0.680. The smallest absolute Gasteiger partial charge is 0.273 e. The minimum atomic E-state index is -4.08. The number of amides is 2. The van der Waals surface area contributed by atoms with Gasteiger partial charge < -0.3 is 9.80 Å². The summed E-state index contributed by atoms with van der Waals surface area (Å²) in [6.45, 7) is 10.4. The van der Waals surface area contributed by atoms with Gasteiger partial charge in [-0.3, -0.25) is 29.9 Å². The van der Waals surface area contributed by atoms with E-state index in [1.807, 2.05) is 29.2 Å². The van der Waals surface area contributed by atoms with Crippen LogP contribution in [0.25, 0.3) is 0 Å². The van der Waals surface area contributed by atoms with E-state index in [1.165, 1.54) is 48.1 Å². The van der Waals surface area contributed by atoms with E-state index in [4.69, 9.17) is 16.8 Å². The summed E-state index contributed by atoms with van der Waals surface area (Å²) in [7, 11) is -4.08. The highest BCUT2D eigenvalue weighted by Gasteiger charge is 2.39. The predicted octanol–water partition coefficient (Wildman–Crippen LogP) is 4.53. The van der Waals surface area contributed by atoms with Crippen molar-refractivity contribution in [1.29, 1.82) is 0 Å². The van der Waals surface area contributed by atoms with Crippen LogP contribution in [0.1, 0.15) is 27.2 Å². The highest BCUT2D eigenvalue weighted by molar-refractivity contribution is 8.27. The Morgan fingerprint density at radius 3 is 2.25 bits per heavy atom. The maximum atomic E-state index is 13.4. The van der Waals surface area contributed by atoms with Gasteiger partial charge in [0.2, 0.25) is 6.41 Å². The number of nitrogens with one attached hydrogen (secondary N) is 2. The van der Waals surface area contributed by atoms with Gasteiger partial charge in [-0.2, -0.15) is 8.42 Å². The number of hydrazine groups is 1. The molecule has 0 bridgehead atoms. The molecule has 40 heavy (non-hydrogen) atoms. The molecule has 2 heterocycles. The van der Waals surface area contributed by atoms with E-state index in [1.54, 1.807) is 24.3 Å². The highest BCUT2D eigenvalue weighted by Crippen LogP contribution is 2.51. The predicted molar refractivity (Wildman–Crippen MR) is 168 cm³/mol. The lowest BCUT2D eigenvalue weighted by Gasteiger charge is -2.21. The van der Waals surface area contributed by atoms with Gasteiger partial charge in [-0.25, -0.2) is 0 Å². The molecule has 2 aromatic carbocycles. The van der Waals surface area contributed by atoms with Gasteiger partial charge in [0.15, 0.2) is 4.32 Å². The molecule has 0 saturated carbocycles. The number of nitrogens with zero attached hydrogens (tertiary/aromatic N) is 3. The van der Waals surface area contributed by atoms with Crippen LogP contribution < -0.4 is 20.7 Å². The standard InChI is InChI=1S/C20H18N4O5S4.C6H15N/c25-12-21-22-13-6-8-14(9-7-13)24-18(26)17(32-20(24)30)19-23(10-3-11-33(27,28)29)15-4-1-2-5-16(15)31-19;1-4-7(5-2)6-3/h1-2,4-9,12,22H,3,10-11H2,(H,21,25)(H,27,28,29);4-6H2,1-3H3. The van der Waals surface area contributed by atoms with E-state index in [2.05, 4.69) is 36.5 Å². The van der Waals surface area contributed by atoms with Crippen LogP contribution in [0.2, 0.25) is 0 Å². The van der Waals surface area contributed by atoms with Gasteiger partial charge in [0.1, 0.15) is 9.93 Å². The van der Waals surface area contributed by atoms with Gasteiger partial charge in [0.05, 0.1) is 22.8 Å². The third kappa shape index (κ3) is 8.21. The second kappa shape index (κ2) is 14.8. The summed E-state index contributed by atoms with van der Waals surface area (Å²) in [6, 6.07) is 14.5. The minimum Gasteiger partial charge on any atom is -0.334 e. The number of anilines is 3. The second-order valence-electron chi connectivity index (χ2n) is 8.56. The number of thioether (sulfide) groups is 2. The van der Waals surface area contributed by atoms with Crippen molar-refractivity contribution in [2.24, 2.45) is 0 Å². The summed E-state index contributed by atoms with van der Waals surface area (Å²) >= 11 is 8.11. The molecule has 1 fully saturated rings. The molecular formula is C26H33N5O5S4. The number of para-hydroxylation sites is 1. The lowest BCUT2D eigenvalue weighted by molar-refractivity contribution is -0.113. The van der Waals surface area contributed by atoms with Crippen LogP contribution in [0.3, 0.4) is 0 Å². The van der Waals surface area contributed by atoms with Crippen LogP contribution in [0.5, 0.6) is 0 Å². The zero-order valence-electron chi connectivity index (χ0n) is 22.5. The third-order valence-electron chi connectivity index (χ3n) is 6.10. The van der Waals surface area contributed by atoms with E-state index in [0.29, 0.717) is 38.6 Å². The Hall–Kier alpha value is -2.62. The van der Waals surface area contributed by atoms with Gasteiger partial charge >= 0.3 is 0 Å². The number of fused-ring (bicyclic) bond motifs is 1. The normalized spacial score (nSPS) is 16.6. The van der Waals surface area contributed by atoms with Crippen LogP contribution in [0, 0.1) is 0 Å². The molecule has 216 valence electrons. The SMILES string of the molecule is CCN(CC)CC.O=CNNc1ccc(N2C(=O)C(=C3Sc4ccccc4N3CCCS(=O)(=O)O)SC2=S)cc1. The molecule has 0 aliphatic carbocycles. The molecule has 0 atom stereocenters. The van der Waals surface area contributed by atoms with Crippen LogP contribution in [-0.4, -0.2) is 66.4 Å². The summed E-state index contributed by atoms with van der Waals surface area (Å²) < 4.78 is 31.8. The van der Waals surface area contributed by atoms with Crippen molar-refractivity contribution < 1.29 is 22.6 Å². The first kappa shape index (κ1) is 31.9. The molecule has 0 spiro atoms. The Morgan fingerprint density at radius 1 is 1.02 bits per heavy atom. The van der Waals surface area contributed by atoms with Crippen molar-refractivity contribution >= 4 is 79.6 Å². The van der Waals surface area contributed by atoms with E-state index >= 15 is 0 Å². The fourth-order valence-electron chi connectivity index (χ4n) is 4.03. The van der Waals surface area contributed by atoms with Crippen molar-refractivity contribution in [2.75, 3.05) is 47.2 Å². The lowest BCUT2D eigenvalue weighted by atomic mass is 10.2. The molecule has 0 radical (unpaired) electrons. The quantitative estimate of drug-likeness (QED) is 0.108. The molecule has 10 nitrogen and oxygen atoms in total. The molecular weight excluding hydrogens is 591 g/mol. The van der Waals surface area contributed by atoms with E-state index in [0.717, 1.165) is 10.6 Å². The maximum absolute atomic E-state index is 13.4. The summed E-state index contributed by atoms with van der Waals surface area (Å²) in [5.41, 5.74) is 7.14. The third-order valence-corrected chi connectivity index (χ3v) is 9.58. The van der Waals surface area contributed by atoms with E-state index in [-0.39, 0.29) is 18.1 Å². The molecule has 2 aliphatic heterocycles. The first-order valence-corrected chi connectivity index (χ1v) is 16.4. The number of thiocarbonyl (C=S) groups is 1. The van der Waals surface area contributed by atoms with Crippen LogP contribution in [-0.2, 0) is 19.7 Å². The monoisotopic (exact) mass is 623 g/mol. The van der Waals surface area contributed by atoms with Gasteiger partial charge in [0.25, 0.3) is 16.0 Å². The van der Waals surface area contributed by atoms with E-state index < -0.39 is 10.1 Å². The van der Waals surface area contributed by atoms with Crippen molar-refractivity contribution in [2.45, 2.75) is 32.1 Å². The molecule has 2 amide bonds. The first-order chi connectivity index (χ1) is 19.1. The molecule has 2 aromatic rings. The first-order valence-electron chi connectivity index (χ1n) is 12.7. The zero-order chi connectivity index (χ0) is 29.3. The van der Waals surface area contributed by atoms with Crippen LogP contribution in [0.15, 0.2) is 63.4 Å². The van der Waals surface area contributed by atoms with Crippen molar-refractivity contribution in [1.82, 2.24) is 10.3 Å². The number of benzene rings is 2. The average Bonchev–Trinajstić information content (AvgIpc) is 3.44. The molecule has 0 unspecified atom stereocenters. The fraction of sp³-hybridized carbons (Fsp3) is 0.346. The van der Waals surface area contributed by atoms with Crippen molar-refractivity contribution in [3.8, 4) is 0 Å². The Balaban J connectivity index is 0.000000559. The van der Waals surface area contributed by atoms with Crippen LogP contribution >= 0.6 is 35.7 Å². The summed E-state index contributed by atoms with van der Waals surface area (Å²) in [5.74, 6) is -0.643. The van der Waals surface area contributed by atoms with E-state index in [9.17, 15) is 18.0 Å². The largest absolute Gasteiger partial charge is 0.334 e. The van der Waals surface area contributed by atoms with Gasteiger partial charge in [-0.1, -0.05) is 68.6 Å². The van der Waals surface area contributed by atoms with Gasteiger partial charge in [0, 0.05) is 11.4 Å². The summed E-state index contributed by atoms with van der Waals surface area (Å²) in [4.78, 5) is 30.9. The lowest BCUT2D eigenvalue weighted by Crippen LogP contribution is -2.29. The second-order valence-corrected chi connectivity index (χ2v) is 12.8. The van der Waals surface area contributed by atoms with Crippen molar-refractivity contribution in [3.05, 3.63) is 58.5 Å². The van der Waals surface area contributed by atoms with Crippen molar-refractivity contribution in [3.63, 3.8) is 0 Å². The Kier molecular flexibility index (Phi) is 11.8.